The largest absolute Gasteiger partial charge is 0.573 e. The number of pyridine rings is 2. The van der Waals surface area contributed by atoms with Crippen LogP contribution in [0.4, 0.5) is 24.7 Å². The Hall–Kier alpha value is -4.17. The van der Waals surface area contributed by atoms with E-state index in [9.17, 15) is 27.6 Å². The predicted molar refractivity (Wildman–Crippen MR) is 139 cm³/mol. The zero-order valence-corrected chi connectivity index (χ0v) is 21.7. The van der Waals surface area contributed by atoms with E-state index in [-0.39, 0.29) is 30.2 Å². The zero-order valence-electron chi connectivity index (χ0n) is 20.9. The average Bonchev–Trinajstić information content (AvgIpc) is 2.86. The normalized spacial score (nSPS) is 11.1. The monoisotopic (exact) mass is 562 g/mol. The van der Waals surface area contributed by atoms with Crippen LogP contribution in [0.25, 0.3) is 0 Å². The van der Waals surface area contributed by atoms with Crippen LogP contribution in [0.15, 0.2) is 66.0 Å². The lowest BCUT2D eigenvalue weighted by molar-refractivity contribution is -0.274. The van der Waals surface area contributed by atoms with E-state index in [0.717, 1.165) is 17.7 Å². The van der Waals surface area contributed by atoms with Gasteiger partial charge in [-0.3, -0.25) is 14.4 Å². The molecule has 206 valence electrons. The van der Waals surface area contributed by atoms with Crippen LogP contribution in [0.2, 0.25) is 0 Å². The molecule has 0 fully saturated rings. The summed E-state index contributed by atoms with van der Waals surface area (Å²) in [5.74, 6) is -0.908. The molecular formula is C25H25F3N6O4S. The Morgan fingerprint density at radius 3 is 2.41 bits per heavy atom. The molecule has 0 saturated heterocycles. The number of aromatic nitrogens is 2. The number of ether oxygens (including phenoxy) is 1. The molecule has 0 radical (unpaired) electrons. The van der Waals surface area contributed by atoms with Crippen LogP contribution < -0.4 is 20.7 Å². The maximum atomic E-state index is 12.8. The van der Waals surface area contributed by atoms with E-state index in [4.69, 9.17) is 0 Å². The predicted octanol–water partition coefficient (Wildman–Crippen LogP) is 3.54. The van der Waals surface area contributed by atoms with Gasteiger partial charge in [0.1, 0.15) is 16.6 Å². The molecule has 0 atom stereocenters. The minimum absolute atomic E-state index is 0.162. The van der Waals surface area contributed by atoms with Crippen molar-refractivity contribution in [3.05, 3.63) is 72.1 Å². The maximum absolute atomic E-state index is 12.8. The molecule has 3 aromatic rings. The molecule has 0 spiro atoms. The topological polar surface area (TPSA) is 126 Å². The Morgan fingerprint density at radius 1 is 0.974 bits per heavy atom. The molecule has 0 bridgehead atoms. The minimum atomic E-state index is -4.81. The van der Waals surface area contributed by atoms with Crippen molar-refractivity contribution in [3.8, 4) is 5.75 Å². The van der Waals surface area contributed by atoms with Crippen molar-refractivity contribution < 1.29 is 32.3 Å². The van der Waals surface area contributed by atoms with E-state index in [1.165, 1.54) is 36.3 Å². The third kappa shape index (κ3) is 10.2. The van der Waals surface area contributed by atoms with Gasteiger partial charge in [-0.1, -0.05) is 0 Å². The Morgan fingerprint density at radius 2 is 1.72 bits per heavy atom. The van der Waals surface area contributed by atoms with Crippen molar-refractivity contribution >= 4 is 41.0 Å². The second-order valence-corrected chi connectivity index (χ2v) is 9.25. The number of thioether (sulfide) groups is 1. The molecule has 0 aliphatic carbocycles. The van der Waals surface area contributed by atoms with Gasteiger partial charge >= 0.3 is 6.36 Å². The number of alkyl halides is 3. The molecule has 2 aromatic heterocycles. The summed E-state index contributed by atoms with van der Waals surface area (Å²) in [6.07, 6.45) is -1.75. The number of halogens is 3. The first kappa shape index (κ1) is 29.4. The highest BCUT2D eigenvalue weighted by Gasteiger charge is 2.31. The molecular weight excluding hydrogens is 537 g/mol. The molecule has 3 rings (SSSR count). The zero-order chi connectivity index (χ0) is 28.4. The number of nitrogens with zero attached hydrogens (tertiary/aromatic N) is 3. The second-order valence-electron chi connectivity index (χ2n) is 8.28. The summed E-state index contributed by atoms with van der Waals surface area (Å²) in [6.45, 7) is -0.0349. The second kappa shape index (κ2) is 13.6. The van der Waals surface area contributed by atoms with Crippen molar-refractivity contribution in [2.75, 3.05) is 37.8 Å². The number of nitrogens with one attached hydrogen (secondary N) is 3. The smallest absolute Gasteiger partial charge is 0.406 e. The molecule has 3 N–H and O–H groups in total. The molecule has 1 aromatic carbocycles. The summed E-state index contributed by atoms with van der Waals surface area (Å²) in [5, 5.41) is 8.20. The fourth-order valence-corrected chi connectivity index (χ4v) is 4.04. The van der Waals surface area contributed by atoms with E-state index in [2.05, 4.69) is 30.7 Å². The molecule has 10 nitrogen and oxygen atoms in total. The Balaban J connectivity index is 1.57. The summed E-state index contributed by atoms with van der Waals surface area (Å²) in [5.41, 5.74) is 1.34. The van der Waals surface area contributed by atoms with Crippen molar-refractivity contribution in [2.45, 2.75) is 17.1 Å². The lowest BCUT2D eigenvalue weighted by atomic mass is 10.2. The van der Waals surface area contributed by atoms with Gasteiger partial charge in [0.15, 0.2) is 0 Å². The van der Waals surface area contributed by atoms with Crippen LogP contribution in [0.1, 0.15) is 15.9 Å². The summed E-state index contributed by atoms with van der Waals surface area (Å²) in [7, 11) is 3.48. The third-order valence-electron chi connectivity index (χ3n) is 4.73. The van der Waals surface area contributed by atoms with Crippen molar-refractivity contribution in [2.24, 2.45) is 0 Å². The van der Waals surface area contributed by atoms with Gasteiger partial charge in [0.25, 0.3) is 5.91 Å². The van der Waals surface area contributed by atoms with Crippen LogP contribution in [0.5, 0.6) is 5.75 Å². The van der Waals surface area contributed by atoms with Crippen molar-refractivity contribution in [3.63, 3.8) is 0 Å². The first-order chi connectivity index (χ1) is 18.5. The van der Waals surface area contributed by atoms with Crippen molar-refractivity contribution in [1.29, 1.82) is 0 Å². The van der Waals surface area contributed by atoms with Crippen LogP contribution in [0, 0.1) is 0 Å². The highest BCUT2D eigenvalue weighted by Crippen LogP contribution is 2.27. The van der Waals surface area contributed by atoms with Gasteiger partial charge in [-0.2, -0.15) is 0 Å². The molecule has 3 amide bonds. The number of amides is 3. The SMILES string of the molecule is CN(C)CC(=O)NCC(=O)Nc1cc(CSc2ncccc2C(=O)Nc2ccc(OC(F)(F)F)cc2)ccn1. The van der Waals surface area contributed by atoms with E-state index in [0.29, 0.717) is 16.6 Å². The first-order valence-corrected chi connectivity index (χ1v) is 12.4. The van der Waals surface area contributed by atoms with Gasteiger partial charge in [0.05, 0.1) is 18.7 Å². The Labute approximate surface area is 226 Å². The van der Waals surface area contributed by atoms with E-state index in [1.54, 1.807) is 43.3 Å². The number of rotatable bonds is 11. The van der Waals surface area contributed by atoms with Crippen LogP contribution >= 0.6 is 11.8 Å². The highest BCUT2D eigenvalue weighted by atomic mass is 32.2. The van der Waals surface area contributed by atoms with E-state index < -0.39 is 23.9 Å². The van der Waals surface area contributed by atoms with Gasteiger partial charge in [-0.25, -0.2) is 9.97 Å². The van der Waals surface area contributed by atoms with Crippen LogP contribution in [-0.2, 0) is 15.3 Å². The number of carbonyl (C=O) groups excluding carboxylic acids is 3. The molecule has 2 heterocycles. The molecule has 0 unspecified atom stereocenters. The van der Waals surface area contributed by atoms with E-state index in [1.807, 2.05) is 0 Å². The molecule has 0 saturated carbocycles. The summed E-state index contributed by atoms with van der Waals surface area (Å²) in [4.78, 5) is 46.7. The van der Waals surface area contributed by atoms with E-state index >= 15 is 0 Å². The number of hydrogen-bond acceptors (Lipinski definition) is 8. The number of carbonyl (C=O) groups is 3. The van der Waals surface area contributed by atoms with Gasteiger partial charge in [0, 0.05) is 23.8 Å². The quantitative estimate of drug-likeness (QED) is 0.303. The lowest BCUT2D eigenvalue weighted by Crippen LogP contribution is -2.38. The minimum Gasteiger partial charge on any atom is -0.406 e. The third-order valence-corrected chi connectivity index (χ3v) is 5.81. The number of benzene rings is 1. The summed E-state index contributed by atoms with van der Waals surface area (Å²) < 4.78 is 40.9. The molecule has 14 heteroatoms. The summed E-state index contributed by atoms with van der Waals surface area (Å²) in [6, 6.07) is 11.4. The van der Waals surface area contributed by atoms with Crippen molar-refractivity contribution in [1.82, 2.24) is 20.2 Å². The fraction of sp³-hybridized carbons (Fsp3) is 0.240. The summed E-state index contributed by atoms with van der Waals surface area (Å²) >= 11 is 1.28. The van der Waals surface area contributed by atoms with Gasteiger partial charge in [0.2, 0.25) is 11.8 Å². The average molecular weight is 563 g/mol. The maximum Gasteiger partial charge on any atom is 0.573 e. The number of hydrogen-bond donors (Lipinski definition) is 3. The number of anilines is 2. The molecule has 0 aliphatic heterocycles. The lowest BCUT2D eigenvalue weighted by Gasteiger charge is -2.11. The van der Waals surface area contributed by atoms with Crippen LogP contribution in [0.3, 0.4) is 0 Å². The Kier molecular flexibility index (Phi) is 10.2. The highest BCUT2D eigenvalue weighted by molar-refractivity contribution is 7.98. The van der Waals surface area contributed by atoms with Gasteiger partial charge in [-0.05, 0) is 68.2 Å². The fourth-order valence-electron chi connectivity index (χ4n) is 3.11. The van der Waals surface area contributed by atoms with Crippen LogP contribution in [-0.4, -0.2) is 66.1 Å². The van der Waals surface area contributed by atoms with Gasteiger partial charge in [-0.15, -0.1) is 24.9 Å². The standard InChI is InChI=1S/C25H25F3N6O4S/c1-34(2)14-22(36)31-13-21(35)33-20-12-16(9-11-29-20)15-39-24-19(4-3-10-30-24)23(37)32-17-5-7-18(8-6-17)38-25(26,27)28/h3-12H,13-15H2,1-2H3,(H,31,36)(H,32,37)(H,29,33,35). The Bertz CT molecular complexity index is 1310. The molecule has 0 aliphatic rings. The first-order valence-electron chi connectivity index (χ1n) is 11.4. The molecule has 39 heavy (non-hydrogen) atoms. The van der Waals surface area contributed by atoms with Gasteiger partial charge < -0.3 is 25.6 Å². The number of likely N-dealkylation sites (N-methyl/N-ethyl adjacent to an activating group) is 1.